The van der Waals surface area contributed by atoms with Crippen LogP contribution in [-0.4, -0.2) is 69.3 Å². The summed E-state index contributed by atoms with van der Waals surface area (Å²) in [7, 11) is 3.84. The van der Waals surface area contributed by atoms with Crippen molar-refractivity contribution in [1.82, 2.24) is 15.1 Å². The summed E-state index contributed by atoms with van der Waals surface area (Å²) in [6, 6.07) is 7.60. The molecule has 6 nitrogen and oxygen atoms in total. The quantitative estimate of drug-likeness (QED) is 0.794. The topological polar surface area (TPSA) is 56.8 Å². The molecule has 2 amide bonds. The number of carbonyl (C=O) groups is 1. The second-order valence-electron chi connectivity index (χ2n) is 7.05. The molecule has 6 heteroatoms. The van der Waals surface area contributed by atoms with E-state index in [1.165, 1.54) is 0 Å². The van der Waals surface area contributed by atoms with Crippen LogP contribution < -0.4 is 10.6 Å². The minimum atomic E-state index is -0.160. The van der Waals surface area contributed by atoms with Crippen molar-refractivity contribution < 1.29 is 9.53 Å². The van der Waals surface area contributed by atoms with Gasteiger partial charge in [0.05, 0.1) is 6.10 Å². The second-order valence-corrected chi connectivity index (χ2v) is 7.05. The van der Waals surface area contributed by atoms with Crippen LogP contribution in [0.15, 0.2) is 24.3 Å². The number of benzene rings is 1. The predicted molar refractivity (Wildman–Crippen MR) is 102 cm³/mol. The van der Waals surface area contributed by atoms with E-state index in [2.05, 4.69) is 34.4 Å². The molecule has 2 atom stereocenters. The molecular weight excluding hydrogens is 316 g/mol. The average molecular weight is 348 g/mol. The van der Waals surface area contributed by atoms with Crippen molar-refractivity contribution in [2.45, 2.75) is 20.0 Å². The van der Waals surface area contributed by atoms with Gasteiger partial charge < -0.3 is 25.2 Å². The molecule has 1 aliphatic rings. The van der Waals surface area contributed by atoms with Crippen molar-refractivity contribution in [3.63, 3.8) is 0 Å². The first-order valence-electron chi connectivity index (χ1n) is 9.06. The lowest BCUT2D eigenvalue weighted by atomic mass is 10.1. The van der Waals surface area contributed by atoms with Gasteiger partial charge in [-0.2, -0.15) is 0 Å². The Hall–Kier alpha value is -1.63. The molecule has 1 heterocycles. The molecule has 0 aliphatic carbocycles. The van der Waals surface area contributed by atoms with E-state index in [-0.39, 0.29) is 12.1 Å². The van der Waals surface area contributed by atoms with Gasteiger partial charge in [-0.05, 0) is 37.6 Å². The Labute approximate surface area is 151 Å². The zero-order valence-electron chi connectivity index (χ0n) is 15.9. The van der Waals surface area contributed by atoms with Gasteiger partial charge in [-0.3, -0.25) is 0 Å². The third-order valence-electron chi connectivity index (χ3n) is 4.74. The first-order valence-corrected chi connectivity index (χ1v) is 9.06. The van der Waals surface area contributed by atoms with Gasteiger partial charge in [0.2, 0.25) is 0 Å². The van der Waals surface area contributed by atoms with E-state index in [4.69, 9.17) is 4.74 Å². The molecule has 1 saturated heterocycles. The van der Waals surface area contributed by atoms with Gasteiger partial charge in [0, 0.05) is 52.1 Å². The molecule has 0 aromatic heterocycles. The Balaban J connectivity index is 1.73. The zero-order chi connectivity index (χ0) is 18.2. The van der Waals surface area contributed by atoms with E-state index in [1.807, 2.05) is 31.2 Å². The van der Waals surface area contributed by atoms with Gasteiger partial charge in [0.15, 0.2) is 0 Å². The largest absolute Gasteiger partial charge is 0.377 e. The number of anilines is 1. The van der Waals surface area contributed by atoms with Crippen LogP contribution in [0.25, 0.3) is 0 Å². The molecule has 0 saturated carbocycles. The number of hydrogen-bond donors (Lipinski definition) is 2. The maximum absolute atomic E-state index is 12.1. The van der Waals surface area contributed by atoms with Gasteiger partial charge in [-0.25, -0.2) is 4.79 Å². The molecule has 2 rings (SSSR count). The molecule has 0 radical (unpaired) electrons. The van der Waals surface area contributed by atoms with Crippen LogP contribution in [0.3, 0.4) is 0 Å². The predicted octanol–water partition coefficient (Wildman–Crippen LogP) is 2.40. The Kier molecular flexibility index (Phi) is 7.68. The lowest BCUT2D eigenvalue weighted by Gasteiger charge is -2.33. The Bertz CT molecular complexity index is 544. The van der Waals surface area contributed by atoms with Crippen LogP contribution >= 0.6 is 0 Å². The zero-order valence-corrected chi connectivity index (χ0v) is 15.9. The number of nitrogens with one attached hydrogen (secondary N) is 2. The highest BCUT2D eigenvalue weighted by atomic mass is 16.5. The minimum Gasteiger partial charge on any atom is -0.377 e. The number of urea groups is 1. The molecule has 1 aromatic rings. The van der Waals surface area contributed by atoms with Crippen LogP contribution in [0.5, 0.6) is 0 Å². The Morgan fingerprint density at radius 1 is 1.24 bits per heavy atom. The van der Waals surface area contributed by atoms with E-state index < -0.39 is 0 Å². The van der Waals surface area contributed by atoms with Crippen LogP contribution in [0.2, 0.25) is 0 Å². The summed E-state index contributed by atoms with van der Waals surface area (Å²) in [6.07, 6.45) is 0.00780. The summed E-state index contributed by atoms with van der Waals surface area (Å²) in [6.45, 7) is 10.3. The highest BCUT2D eigenvalue weighted by Crippen LogP contribution is 2.19. The third kappa shape index (κ3) is 6.65. The van der Waals surface area contributed by atoms with Crippen LogP contribution in [0.1, 0.15) is 25.5 Å². The smallest absolute Gasteiger partial charge is 0.319 e. The molecule has 25 heavy (non-hydrogen) atoms. The van der Waals surface area contributed by atoms with E-state index in [0.717, 1.165) is 44.0 Å². The number of ether oxygens (including phenoxy) is 1. The molecule has 1 aliphatic heterocycles. The number of piperazine rings is 1. The van der Waals surface area contributed by atoms with Crippen molar-refractivity contribution in [3.8, 4) is 0 Å². The Morgan fingerprint density at radius 3 is 2.64 bits per heavy atom. The third-order valence-corrected chi connectivity index (χ3v) is 4.74. The average Bonchev–Trinajstić information content (AvgIpc) is 2.61. The first kappa shape index (κ1) is 19.7. The van der Waals surface area contributed by atoms with E-state index in [0.29, 0.717) is 12.5 Å². The van der Waals surface area contributed by atoms with Crippen molar-refractivity contribution in [2.75, 3.05) is 58.7 Å². The van der Waals surface area contributed by atoms with Crippen molar-refractivity contribution in [3.05, 3.63) is 29.8 Å². The number of rotatable bonds is 7. The summed E-state index contributed by atoms with van der Waals surface area (Å²) < 4.78 is 5.32. The Morgan fingerprint density at radius 2 is 1.96 bits per heavy atom. The van der Waals surface area contributed by atoms with Gasteiger partial charge >= 0.3 is 6.03 Å². The number of hydrogen-bond acceptors (Lipinski definition) is 4. The highest BCUT2D eigenvalue weighted by Gasteiger charge is 2.16. The standard InChI is InChI=1S/C19H32N4O2/c1-15(14-23-10-8-22(3)9-11-23)13-20-19(24)21-18-7-5-6-17(12-18)16(2)25-4/h5-7,12,15-16H,8-11,13-14H2,1-4H3,(H2,20,21,24)/t15-,16-/m0/s1. The number of likely N-dealkylation sites (N-methyl/N-ethyl adjacent to an activating group) is 1. The van der Waals surface area contributed by atoms with Gasteiger partial charge in [0.1, 0.15) is 0 Å². The second kappa shape index (κ2) is 9.75. The molecule has 1 aromatic carbocycles. The summed E-state index contributed by atoms with van der Waals surface area (Å²) in [5.41, 5.74) is 1.83. The lowest BCUT2D eigenvalue weighted by molar-refractivity contribution is 0.119. The van der Waals surface area contributed by atoms with Crippen LogP contribution in [-0.2, 0) is 4.74 Å². The van der Waals surface area contributed by atoms with Crippen molar-refractivity contribution in [2.24, 2.45) is 5.92 Å². The fourth-order valence-electron chi connectivity index (χ4n) is 2.98. The minimum absolute atomic E-state index is 0.00780. The number of carbonyl (C=O) groups excluding carboxylic acids is 1. The van der Waals surface area contributed by atoms with E-state index >= 15 is 0 Å². The number of nitrogens with zero attached hydrogens (tertiary/aromatic N) is 2. The monoisotopic (exact) mass is 348 g/mol. The summed E-state index contributed by atoms with van der Waals surface area (Å²) >= 11 is 0. The van der Waals surface area contributed by atoms with Crippen LogP contribution in [0, 0.1) is 5.92 Å². The summed E-state index contributed by atoms with van der Waals surface area (Å²) in [4.78, 5) is 17.0. The SMILES string of the molecule is CO[C@@H](C)c1cccc(NC(=O)NC[C@H](C)CN2CCN(C)CC2)c1. The van der Waals surface area contributed by atoms with Crippen molar-refractivity contribution >= 4 is 11.7 Å². The normalized spacial score (nSPS) is 18.6. The van der Waals surface area contributed by atoms with E-state index in [9.17, 15) is 4.79 Å². The first-order chi connectivity index (χ1) is 12.0. The molecule has 0 unspecified atom stereocenters. The fraction of sp³-hybridized carbons (Fsp3) is 0.632. The van der Waals surface area contributed by atoms with Gasteiger partial charge in [-0.15, -0.1) is 0 Å². The highest BCUT2D eigenvalue weighted by molar-refractivity contribution is 5.89. The van der Waals surface area contributed by atoms with E-state index in [1.54, 1.807) is 7.11 Å². The number of amides is 2. The molecule has 140 valence electrons. The number of methoxy groups -OCH3 is 1. The summed E-state index contributed by atoms with van der Waals surface area (Å²) in [5.74, 6) is 0.425. The maximum Gasteiger partial charge on any atom is 0.319 e. The van der Waals surface area contributed by atoms with Gasteiger partial charge in [0.25, 0.3) is 0 Å². The molecular formula is C19H32N4O2. The fourth-order valence-corrected chi connectivity index (χ4v) is 2.98. The van der Waals surface area contributed by atoms with Gasteiger partial charge in [-0.1, -0.05) is 19.1 Å². The molecule has 2 N–H and O–H groups in total. The maximum atomic E-state index is 12.1. The summed E-state index contributed by atoms with van der Waals surface area (Å²) in [5, 5.41) is 5.87. The lowest BCUT2D eigenvalue weighted by Crippen LogP contribution is -2.47. The molecule has 1 fully saturated rings. The van der Waals surface area contributed by atoms with Crippen molar-refractivity contribution in [1.29, 1.82) is 0 Å². The molecule has 0 spiro atoms. The molecule has 0 bridgehead atoms. The van der Waals surface area contributed by atoms with Crippen LogP contribution in [0.4, 0.5) is 10.5 Å².